The Morgan fingerprint density at radius 2 is 0.739 bits per heavy atom. The first-order valence-electron chi connectivity index (χ1n) is 47.5. The predicted molar refractivity (Wildman–Crippen MR) is 523 cm³/mol. The normalized spacial score (nSPS) is 19.0. The maximum atomic E-state index is 13.0. The number of isocyanates is 1. The second-order valence-electron chi connectivity index (χ2n) is 42.4. The zero-order chi connectivity index (χ0) is 107. The molecule has 0 atom stereocenters. The number of nitrogens with zero attached hydrogens (tertiary/aromatic N) is 8. The molecular formula is C105H145F5N10O22. The summed E-state index contributed by atoms with van der Waals surface area (Å²) in [5.41, 5.74) is -1.37. The van der Waals surface area contributed by atoms with Crippen LogP contribution in [-0.4, -0.2) is 255 Å². The van der Waals surface area contributed by atoms with Gasteiger partial charge in [0.1, 0.15) is 28.4 Å². The maximum absolute atomic E-state index is 13.0. The fourth-order valence-electron chi connectivity index (χ4n) is 14.3. The van der Waals surface area contributed by atoms with Crippen molar-refractivity contribution >= 4 is 101 Å². The zero-order valence-electron chi connectivity index (χ0n) is 85.6. The van der Waals surface area contributed by atoms with E-state index >= 15 is 0 Å². The number of allylic oxidation sites excluding steroid dienone is 5. The van der Waals surface area contributed by atoms with Crippen LogP contribution < -0.4 is 10.6 Å². The van der Waals surface area contributed by atoms with Crippen LogP contribution in [0.5, 0.6) is 0 Å². The van der Waals surface area contributed by atoms with Crippen molar-refractivity contribution in [1.29, 1.82) is 0 Å². The van der Waals surface area contributed by atoms with Crippen molar-refractivity contribution in [2.24, 2.45) is 61.7 Å². The summed E-state index contributed by atoms with van der Waals surface area (Å²) >= 11 is 0. The molecule has 11 amide bonds. The highest BCUT2D eigenvalue weighted by Crippen LogP contribution is 2.31. The summed E-state index contributed by atoms with van der Waals surface area (Å²) in [4.78, 5) is 198. The quantitative estimate of drug-likeness (QED) is 0.0275. The van der Waals surface area contributed by atoms with Gasteiger partial charge in [-0.15, -0.1) is 0 Å². The smallest absolute Gasteiger partial charge is 0.478 e. The monoisotopic (exact) mass is 1990 g/mol. The van der Waals surface area contributed by atoms with Gasteiger partial charge in [-0.05, 0) is 256 Å². The average Bonchev–Trinajstić information content (AvgIpc) is 0.827. The molecule has 782 valence electrons. The first-order chi connectivity index (χ1) is 65.7. The third-order valence-corrected chi connectivity index (χ3v) is 22.4. The largest absolute Gasteiger partial charge is 0.490 e. The number of likely N-dealkylation sites (tertiary alicyclic amines) is 4. The van der Waals surface area contributed by atoms with Crippen LogP contribution >= 0.6 is 0 Å². The van der Waals surface area contributed by atoms with Crippen LogP contribution in [0.15, 0.2) is 163 Å². The molecule has 37 heteroatoms. The van der Waals surface area contributed by atoms with Gasteiger partial charge in [-0.1, -0.05) is 122 Å². The minimum Gasteiger partial charge on any atom is -0.478 e. The number of carboxylic acids is 2. The zero-order valence-corrected chi connectivity index (χ0v) is 85.6. The van der Waals surface area contributed by atoms with Crippen molar-refractivity contribution in [3.8, 4) is 0 Å². The number of nitrogens with one attached hydrogen (secondary N) is 2. The van der Waals surface area contributed by atoms with Crippen molar-refractivity contribution in [2.75, 3.05) is 91.6 Å². The molecule has 9 aliphatic heterocycles. The molecule has 0 bridgehead atoms. The van der Waals surface area contributed by atoms with Crippen LogP contribution in [0, 0.1) is 68.3 Å². The van der Waals surface area contributed by atoms with Crippen molar-refractivity contribution < 1.29 is 128 Å². The fourth-order valence-corrected chi connectivity index (χ4v) is 14.3. The molecule has 0 spiro atoms. The molecule has 32 nitrogen and oxygen atoms in total. The molecule has 0 unspecified atom stereocenters. The molecule has 11 rings (SSSR count). The van der Waals surface area contributed by atoms with E-state index in [0.29, 0.717) is 83.6 Å². The van der Waals surface area contributed by atoms with Crippen LogP contribution in [0.4, 0.5) is 42.0 Å². The highest BCUT2D eigenvalue weighted by Gasteiger charge is 2.40. The van der Waals surface area contributed by atoms with Gasteiger partial charge in [0.05, 0.1) is 17.5 Å². The number of hydrogen-bond donors (Lipinski definition) is 4. The van der Waals surface area contributed by atoms with Gasteiger partial charge in [0.25, 0.3) is 35.4 Å². The summed E-state index contributed by atoms with van der Waals surface area (Å²) in [6.45, 7) is 46.7. The summed E-state index contributed by atoms with van der Waals surface area (Å²) in [6.07, 6.45) is 33.6. The van der Waals surface area contributed by atoms with E-state index in [1.165, 1.54) is 99.7 Å². The number of piperidine rings is 5. The van der Waals surface area contributed by atoms with Crippen LogP contribution in [0.2, 0.25) is 0 Å². The Morgan fingerprint density at radius 1 is 0.437 bits per heavy atom. The van der Waals surface area contributed by atoms with Gasteiger partial charge in [-0.3, -0.25) is 57.9 Å². The molecule has 2 aromatic rings. The number of halogens is 5. The summed E-state index contributed by atoms with van der Waals surface area (Å²) in [5.74, 6) is -5.69. The van der Waals surface area contributed by atoms with E-state index < -0.39 is 52.3 Å². The van der Waals surface area contributed by atoms with Gasteiger partial charge >= 0.3 is 48.3 Å². The first-order valence-corrected chi connectivity index (χ1v) is 47.5. The van der Waals surface area contributed by atoms with Gasteiger partial charge in [0, 0.05) is 131 Å². The van der Waals surface area contributed by atoms with Crippen LogP contribution in [0.25, 0.3) is 0 Å². The minimum absolute atomic E-state index is 0.0225. The second-order valence-corrected chi connectivity index (χ2v) is 42.4. The molecular weight excluding hydrogens is 1850 g/mol. The van der Waals surface area contributed by atoms with E-state index in [9.17, 15) is 93.9 Å². The number of imide groups is 3. The Labute approximate surface area is 830 Å². The Kier molecular flexibility index (Phi) is 47.7. The van der Waals surface area contributed by atoms with E-state index in [4.69, 9.17) is 34.0 Å². The number of aliphatic carboxylic acids is 2. The topological polar surface area (TPSA) is 410 Å². The number of carbonyl (C=O) groups excluding carboxylic acids is 14. The molecule has 0 saturated carbocycles. The molecule has 4 N–H and O–H groups in total. The Morgan fingerprint density at radius 3 is 1.03 bits per heavy atom. The van der Waals surface area contributed by atoms with Gasteiger partial charge in [0.2, 0.25) is 17.9 Å². The molecule has 5 fully saturated rings. The van der Waals surface area contributed by atoms with E-state index in [2.05, 4.69) is 29.5 Å². The van der Waals surface area contributed by atoms with Crippen molar-refractivity contribution in [2.45, 2.75) is 232 Å². The van der Waals surface area contributed by atoms with E-state index in [-0.39, 0.29) is 129 Å². The number of carboxylic acid groups (broad SMARTS) is 2. The number of carbonyl (C=O) groups is 15. The number of ether oxygens (including phenoxy) is 4. The standard InChI is InChI=1S/C23H27FN2O3.C20H30N2O4.C18H29NO5.C15H22N2O2.C13H21NO4.C7H4FNO.C7H11NO.C2HF3O2/c1-23(2)12-9-21(28)26(16-23)20(27)8-5-17-10-13-25(14-11-17)22(29)15-18-3-6-19(24)7-4-18;1-19(2,3)26-18(25)21-12-9-15(10-13-21)6-7-16(23)22-14-20(4,5)11-8-17(22)24;1-17(2,3)15(21)23-14(20)8-7-13-9-11-19(12-10-13)16(22)24-18(4,5)6;1-15(2)8-5-14(19)17(11-15)13(18)4-3-12-6-9-16-10-7-12;1-13(2,3)18-12(17)14-8-6-10(7-9-14)4-5-11(15)16;8-6-1-3-7(4-2-6)9-5-10;1-7(2)4-3-6(9)8-5-7;3-2(4,5)1(6)7/h3-9,12,17H,10-11,13-16H2,1-2H3;6-8,11,15H,9-10,12-14H2,1-5H3;7-8,13H,9-12H2,1-6H3;3-5,8,12,16H,6-7,9-11H2,1-2H3;4-5,10H,6-9H2,1-3H3,(H,15,16);1-4H;3-4H,5H2,1-2H3,(H,8,9);(H,6,7)/b8-5+;7-6+;8-7+;4-3+;5-4+;;;. The predicted octanol–water partition coefficient (Wildman–Crippen LogP) is 16.5. The third-order valence-electron chi connectivity index (χ3n) is 22.4. The van der Waals surface area contributed by atoms with E-state index in [1.54, 1.807) is 71.9 Å². The Balaban J connectivity index is 0.000000350. The van der Waals surface area contributed by atoms with Crippen LogP contribution in [0.3, 0.4) is 0 Å². The number of hydrogen-bond acceptors (Lipinski definition) is 22. The number of benzene rings is 2. The first kappa shape index (κ1) is 122. The lowest BCUT2D eigenvalue weighted by molar-refractivity contribution is -0.192. The third kappa shape index (κ3) is 49.2. The highest BCUT2D eigenvalue weighted by atomic mass is 19.4. The van der Waals surface area contributed by atoms with Gasteiger partial charge < -0.3 is 59.4 Å². The highest BCUT2D eigenvalue weighted by molar-refractivity contribution is 6.07. The summed E-state index contributed by atoms with van der Waals surface area (Å²) in [5, 5.41) is 21.7. The van der Waals surface area contributed by atoms with E-state index in [1.807, 2.05) is 151 Å². The fraction of sp³-hybridized carbons (Fsp3) is 0.562. The van der Waals surface area contributed by atoms with Gasteiger partial charge in [0.15, 0.2) is 0 Å². The molecule has 0 aliphatic carbocycles. The number of alkyl halides is 3. The number of rotatable bonds is 13. The van der Waals surface area contributed by atoms with Crippen LogP contribution in [-0.2, 0) is 87.7 Å². The number of aliphatic imine (C=N–C) groups is 1. The maximum Gasteiger partial charge on any atom is 0.490 e. The molecule has 5 saturated heterocycles. The summed E-state index contributed by atoms with van der Waals surface area (Å²) in [7, 11) is 0. The SMILES string of the molecule is CC(C)(C)OC(=O)N1CCC(/C=C/C(=O)O)CC1.CC(C)(C)OC(=O)N1CCC(/C=C/C(=O)OC(=O)C(C)(C)C)CC1.CC1(C)C=CC(=O)N(C(=O)/C=C/C2CCN(C(=O)Cc3ccc(F)cc3)CC2)C1.CC1(C)C=CC(=O)N(C(=O)/C=C/C2CCN(C(=O)OC(C)(C)C)CC2)C1.CC1(C)C=CC(=O)N(C(=O)/C=C/C2CCNCC2)C1.CC1(C)C=CC(=O)NC1.O=C(O)C(F)(F)F.O=C=Nc1ccc(F)cc1. The van der Waals surface area contributed by atoms with Gasteiger partial charge in [-0.2, -0.15) is 18.2 Å². The summed E-state index contributed by atoms with van der Waals surface area (Å²) in [6, 6.07) is 11.3. The lowest BCUT2D eigenvalue weighted by atomic mass is 9.89. The molecule has 9 aliphatic rings. The van der Waals surface area contributed by atoms with Crippen LogP contribution in [0.1, 0.15) is 208 Å². The molecule has 2 aromatic carbocycles. The minimum atomic E-state index is -5.08. The Bertz CT molecular complexity index is 4980. The van der Waals surface area contributed by atoms with Gasteiger partial charge in [-0.25, -0.2) is 42.3 Å². The van der Waals surface area contributed by atoms with E-state index in [0.717, 1.165) is 89.4 Å². The lowest BCUT2D eigenvalue weighted by Crippen LogP contribution is -2.44. The van der Waals surface area contributed by atoms with Crippen molar-refractivity contribution in [1.82, 2.24) is 44.9 Å². The lowest BCUT2D eigenvalue weighted by Gasteiger charge is -2.33. The average molecular weight is 1990 g/mol. The summed E-state index contributed by atoms with van der Waals surface area (Å²) < 4.78 is 77.7. The number of esters is 2. The van der Waals surface area contributed by atoms with Crippen molar-refractivity contribution in [3.63, 3.8) is 0 Å². The molecule has 0 radical (unpaired) electrons. The Hall–Kier alpha value is -12.7. The number of amides is 11. The molecule has 0 aromatic heterocycles. The molecule has 9 heterocycles. The molecule has 142 heavy (non-hydrogen) atoms. The van der Waals surface area contributed by atoms with Crippen molar-refractivity contribution in [3.05, 3.63) is 175 Å². The second kappa shape index (κ2) is 55.7.